The van der Waals surface area contributed by atoms with Crippen molar-refractivity contribution in [1.82, 2.24) is 4.90 Å². The number of aliphatic imine (C=N–C) groups is 1. The Morgan fingerprint density at radius 1 is 0.953 bits per heavy atom. The zero-order valence-electron chi connectivity index (χ0n) is 22.3. The molecule has 0 bridgehead atoms. The Kier molecular flexibility index (Phi) is 7.94. The first-order chi connectivity index (χ1) is 20.8. The molecule has 0 fully saturated rings. The predicted octanol–water partition coefficient (Wildman–Crippen LogP) is 8.78. The molecule has 3 aromatic rings. The molecule has 7 nitrogen and oxygen atoms in total. The molecule has 3 aromatic carbocycles. The largest absolute Gasteiger partial charge is 0.435 e. The number of fused-ring (bicyclic) bond motifs is 1. The molecule has 12 heteroatoms. The number of hydrogen-bond acceptors (Lipinski definition) is 7. The minimum atomic E-state index is -2.95. The van der Waals surface area contributed by atoms with Crippen molar-refractivity contribution in [2.75, 3.05) is 0 Å². The summed E-state index contributed by atoms with van der Waals surface area (Å²) in [6.45, 7) is -5.86. The van der Waals surface area contributed by atoms with Crippen LogP contribution < -0.4 is 9.47 Å². The van der Waals surface area contributed by atoms with Gasteiger partial charge in [0.15, 0.2) is 5.17 Å². The minimum absolute atomic E-state index is 0.0337. The van der Waals surface area contributed by atoms with Crippen molar-refractivity contribution in [3.63, 3.8) is 0 Å². The number of halogens is 4. The van der Waals surface area contributed by atoms with Gasteiger partial charge in [-0.25, -0.2) is 4.99 Å². The van der Waals surface area contributed by atoms with Crippen LogP contribution in [0.5, 0.6) is 11.5 Å². The van der Waals surface area contributed by atoms with E-state index in [2.05, 4.69) is 9.47 Å². The fourth-order valence-electron chi connectivity index (χ4n) is 5.48. The van der Waals surface area contributed by atoms with Gasteiger partial charge in [0.05, 0.1) is 22.4 Å². The molecule has 43 heavy (non-hydrogen) atoms. The number of allylic oxidation sites excluding steroid dienone is 1. The second kappa shape index (κ2) is 12.0. The molecule has 0 amide bonds. The predicted molar refractivity (Wildman–Crippen MR) is 156 cm³/mol. The number of thioether (sulfide) groups is 1. The molecule has 1 aliphatic carbocycles. The van der Waals surface area contributed by atoms with E-state index < -0.39 is 18.1 Å². The first-order valence-corrected chi connectivity index (χ1v) is 14.2. The lowest BCUT2D eigenvalue weighted by Crippen LogP contribution is -2.34. The molecule has 0 N–H and O–H groups in total. The molecule has 0 saturated heterocycles. The molecule has 0 saturated carbocycles. The Morgan fingerprint density at radius 3 is 2.28 bits per heavy atom. The van der Waals surface area contributed by atoms with Gasteiger partial charge in [0.1, 0.15) is 11.5 Å². The number of non-ortho nitro benzene ring substituents is 1. The van der Waals surface area contributed by atoms with E-state index in [0.717, 1.165) is 46.5 Å². The van der Waals surface area contributed by atoms with Gasteiger partial charge in [-0.15, -0.1) is 0 Å². The monoisotopic (exact) mass is 609 g/mol. The van der Waals surface area contributed by atoms with Crippen LogP contribution in [0.15, 0.2) is 100 Å². The van der Waals surface area contributed by atoms with Crippen LogP contribution >= 0.6 is 11.8 Å². The van der Waals surface area contributed by atoms with Gasteiger partial charge in [0, 0.05) is 23.1 Å². The van der Waals surface area contributed by atoms with Crippen molar-refractivity contribution in [2.45, 2.75) is 38.5 Å². The molecule has 0 unspecified atom stereocenters. The van der Waals surface area contributed by atoms with E-state index in [0.29, 0.717) is 17.2 Å². The normalized spacial score (nSPS) is 18.9. The summed E-state index contributed by atoms with van der Waals surface area (Å²) in [6.07, 6.45) is 4.26. The standard InChI is InChI=1S/C31H23F4N3O4S/c32-29(33)41-23-11-7-18(8-12-23)15-21-4-2-6-25-27(21)36-31-37(28(25)19-9-13-24(14-10-19)42-30(34)35)26(17-43-31)20-3-1-5-22(16-20)38(39)40/h1,3,5,7-17,28-30H,2,4,6H2/b21-15-/t28-/m1/s1. The van der Waals surface area contributed by atoms with Crippen molar-refractivity contribution in [1.29, 1.82) is 0 Å². The van der Waals surface area contributed by atoms with E-state index in [1.807, 2.05) is 16.4 Å². The number of alkyl halides is 4. The van der Waals surface area contributed by atoms with E-state index in [9.17, 15) is 27.7 Å². The molecule has 0 aromatic heterocycles. The van der Waals surface area contributed by atoms with Crippen LogP contribution in [0.2, 0.25) is 0 Å². The Bertz CT molecular complexity index is 1670. The molecular formula is C31H23F4N3O4S. The second-order valence-electron chi connectivity index (χ2n) is 9.89. The first-order valence-electron chi connectivity index (χ1n) is 13.3. The number of nitro benzene ring substituents is 1. The molecule has 3 aliphatic rings. The van der Waals surface area contributed by atoms with Crippen molar-refractivity contribution in [3.8, 4) is 11.5 Å². The summed E-state index contributed by atoms with van der Waals surface area (Å²) in [4.78, 5) is 18.1. The second-order valence-corrected chi connectivity index (χ2v) is 10.7. The van der Waals surface area contributed by atoms with Crippen molar-refractivity contribution < 1.29 is 32.0 Å². The molecule has 6 rings (SSSR count). The van der Waals surface area contributed by atoms with Gasteiger partial charge >= 0.3 is 13.2 Å². The van der Waals surface area contributed by atoms with Gasteiger partial charge in [0.2, 0.25) is 0 Å². The highest BCUT2D eigenvalue weighted by Crippen LogP contribution is 2.51. The molecule has 2 aliphatic heterocycles. The highest BCUT2D eigenvalue weighted by Gasteiger charge is 2.40. The first kappa shape index (κ1) is 28.5. The van der Waals surface area contributed by atoms with Crippen LogP contribution in [0, 0.1) is 10.1 Å². The van der Waals surface area contributed by atoms with Crippen molar-refractivity contribution >= 4 is 34.4 Å². The molecule has 0 spiro atoms. The Morgan fingerprint density at radius 2 is 1.63 bits per heavy atom. The Hall–Kier alpha value is -4.58. The number of amidine groups is 1. The summed E-state index contributed by atoms with van der Waals surface area (Å²) in [6, 6.07) is 18.9. The maximum atomic E-state index is 12.8. The lowest BCUT2D eigenvalue weighted by atomic mass is 9.82. The van der Waals surface area contributed by atoms with E-state index >= 15 is 0 Å². The van der Waals surface area contributed by atoms with Gasteiger partial charge in [-0.2, -0.15) is 17.6 Å². The lowest BCUT2D eigenvalue weighted by molar-refractivity contribution is -0.384. The molecule has 220 valence electrons. The van der Waals surface area contributed by atoms with Crippen LogP contribution in [0.25, 0.3) is 11.8 Å². The third kappa shape index (κ3) is 6.00. The zero-order chi connectivity index (χ0) is 30.1. The maximum Gasteiger partial charge on any atom is 0.387 e. The number of nitro groups is 1. The number of nitrogens with zero attached hydrogens (tertiary/aromatic N) is 3. The van der Waals surface area contributed by atoms with E-state index in [-0.39, 0.29) is 23.2 Å². The van der Waals surface area contributed by atoms with Crippen LogP contribution in [0.4, 0.5) is 23.2 Å². The molecule has 0 radical (unpaired) electrons. The van der Waals surface area contributed by atoms with Gasteiger partial charge in [-0.1, -0.05) is 48.2 Å². The van der Waals surface area contributed by atoms with Gasteiger partial charge in [-0.3, -0.25) is 10.1 Å². The minimum Gasteiger partial charge on any atom is -0.435 e. The van der Waals surface area contributed by atoms with Crippen molar-refractivity contribution in [2.24, 2.45) is 4.99 Å². The summed E-state index contributed by atoms with van der Waals surface area (Å²) in [7, 11) is 0. The summed E-state index contributed by atoms with van der Waals surface area (Å²) in [5, 5.41) is 14.1. The third-order valence-electron chi connectivity index (χ3n) is 7.26. The van der Waals surface area contributed by atoms with Crippen LogP contribution in [0.1, 0.15) is 42.0 Å². The highest BCUT2D eigenvalue weighted by molar-refractivity contribution is 8.16. The van der Waals surface area contributed by atoms with Crippen LogP contribution in [-0.4, -0.2) is 28.2 Å². The fourth-order valence-corrected chi connectivity index (χ4v) is 6.41. The number of ether oxygens (including phenoxy) is 2. The molecular weight excluding hydrogens is 586 g/mol. The van der Waals surface area contributed by atoms with Gasteiger partial charge in [0.25, 0.3) is 5.69 Å². The maximum absolute atomic E-state index is 12.8. The fraction of sp³-hybridized carbons (Fsp3) is 0.194. The lowest BCUT2D eigenvalue weighted by Gasteiger charge is -2.40. The highest BCUT2D eigenvalue weighted by atomic mass is 32.2. The number of rotatable bonds is 8. The Balaban J connectivity index is 1.42. The summed E-state index contributed by atoms with van der Waals surface area (Å²) >= 11 is 1.40. The van der Waals surface area contributed by atoms with Crippen LogP contribution in [0.3, 0.4) is 0 Å². The van der Waals surface area contributed by atoms with Crippen LogP contribution in [-0.2, 0) is 0 Å². The topological polar surface area (TPSA) is 77.2 Å². The molecule has 1 atom stereocenters. The number of hydrogen-bond donors (Lipinski definition) is 0. The average Bonchev–Trinajstić information content (AvgIpc) is 3.41. The van der Waals surface area contributed by atoms with Crippen molar-refractivity contribution in [3.05, 3.63) is 122 Å². The van der Waals surface area contributed by atoms with Gasteiger partial charge in [-0.05, 0) is 71.9 Å². The summed E-state index contributed by atoms with van der Waals surface area (Å²) in [5.41, 5.74) is 5.76. The Labute approximate surface area is 248 Å². The molecule has 2 heterocycles. The quantitative estimate of drug-likeness (QED) is 0.144. The summed E-state index contributed by atoms with van der Waals surface area (Å²) in [5.74, 6) is 0.0992. The zero-order valence-corrected chi connectivity index (χ0v) is 23.1. The summed E-state index contributed by atoms with van der Waals surface area (Å²) < 4.78 is 59.9. The van der Waals surface area contributed by atoms with E-state index in [1.165, 1.54) is 48.2 Å². The average molecular weight is 610 g/mol. The third-order valence-corrected chi connectivity index (χ3v) is 8.10. The SMILES string of the molecule is O=[N+]([O-])c1cccc(C2=CSC3=NC4=C(CCC/C4=C/c4ccc(OC(F)F)cc4)[C@@H](c4ccc(OC(F)F)cc4)N23)c1. The van der Waals surface area contributed by atoms with E-state index in [4.69, 9.17) is 4.99 Å². The number of benzene rings is 3. The van der Waals surface area contributed by atoms with Gasteiger partial charge < -0.3 is 14.4 Å². The van der Waals surface area contributed by atoms with E-state index in [1.54, 1.807) is 36.4 Å². The smallest absolute Gasteiger partial charge is 0.387 e.